The van der Waals surface area contributed by atoms with Crippen LogP contribution in [0.25, 0.3) is 0 Å². The molecular formula is C7H16Si. The van der Waals surface area contributed by atoms with Gasteiger partial charge in [0.1, 0.15) is 0 Å². The maximum Gasteiger partial charge on any atom is 0.0473 e. The summed E-state index contributed by atoms with van der Waals surface area (Å²) in [6.45, 7) is 0.437. The molecule has 0 radical (unpaired) electrons. The summed E-state index contributed by atoms with van der Waals surface area (Å²) in [6.07, 6.45) is 3.56. The lowest BCUT2D eigenvalue weighted by molar-refractivity contribution is 0.713. The minimum absolute atomic E-state index is 1.02. The van der Waals surface area contributed by atoms with E-state index in [-0.39, 0.29) is 0 Å². The fourth-order valence-electron chi connectivity index (χ4n) is 1.33. The van der Waals surface area contributed by atoms with Gasteiger partial charge in [0.15, 0.2) is 0 Å². The summed E-state index contributed by atoms with van der Waals surface area (Å²) in [7, 11) is -1.84. The van der Waals surface area contributed by atoms with E-state index >= 15 is 0 Å². The van der Waals surface area contributed by atoms with Crippen molar-refractivity contribution in [2.75, 3.05) is 0 Å². The van der Waals surface area contributed by atoms with Crippen molar-refractivity contribution in [2.45, 2.75) is 44.4 Å². The molecule has 0 spiro atoms. The van der Waals surface area contributed by atoms with E-state index < -0.39 is 14.5 Å². The normalized spacial score (nSPS) is 34.9. The maximum absolute atomic E-state index is 7.42. The fourth-order valence-corrected chi connectivity index (χ4v) is 3.64. The van der Waals surface area contributed by atoms with Crippen LogP contribution in [0, 0.1) is 0 Å². The van der Waals surface area contributed by atoms with Crippen molar-refractivity contribution in [2.24, 2.45) is 0 Å². The Morgan fingerprint density at radius 3 is 2.25 bits per heavy atom. The smallest absolute Gasteiger partial charge is 0.0473 e. The van der Waals surface area contributed by atoms with Gasteiger partial charge in [0.2, 0.25) is 0 Å². The van der Waals surface area contributed by atoms with Crippen molar-refractivity contribution in [3.63, 3.8) is 0 Å². The van der Waals surface area contributed by atoms with Crippen LogP contribution in [0.15, 0.2) is 0 Å². The first-order valence-corrected chi connectivity index (χ1v) is 6.37. The molecule has 1 heterocycles. The SMILES string of the molecule is [2H]C([2H])([2H])[Si]1(C)CCCCC1. The molecule has 0 aromatic rings. The molecule has 0 atom stereocenters. The third kappa shape index (κ3) is 1.62. The summed E-state index contributed by atoms with van der Waals surface area (Å²) in [5, 5.41) is 0. The summed E-state index contributed by atoms with van der Waals surface area (Å²) in [5.41, 5.74) is 0. The van der Waals surface area contributed by atoms with Gasteiger partial charge < -0.3 is 0 Å². The van der Waals surface area contributed by atoms with Crippen LogP contribution < -0.4 is 0 Å². The van der Waals surface area contributed by atoms with Crippen LogP contribution in [-0.4, -0.2) is 8.07 Å². The lowest BCUT2D eigenvalue weighted by atomic mass is 10.3. The first-order valence-electron chi connectivity index (χ1n) is 4.96. The van der Waals surface area contributed by atoms with Crippen LogP contribution in [0.4, 0.5) is 0 Å². The largest absolute Gasteiger partial charge is 0.0693 e. The van der Waals surface area contributed by atoms with Gasteiger partial charge in [-0.25, -0.2) is 0 Å². The molecule has 0 saturated carbocycles. The number of rotatable bonds is 0. The van der Waals surface area contributed by atoms with E-state index in [0.29, 0.717) is 0 Å². The van der Waals surface area contributed by atoms with Crippen LogP contribution in [0.1, 0.15) is 23.4 Å². The zero-order valence-electron chi connectivity index (χ0n) is 8.54. The van der Waals surface area contributed by atoms with E-state index in [9.17, 15) is 0 Å². The average molecular weight is 131 g/mol. The van der Waals surface area contributed by atoms with Crippen LogP contribution in [0.3, 0.4) is 0 Å². The van der Waals surface area contributed by atoms with E-state index in [4.69, 9.17) is 4.11 Å². The molecule has 0 aromatic heterocycles. The van der Waals surface area contributed by atoms with E-state index in [2.05, 4.69) is 0 Å². The molecule has 0 unspecified atom stereocenters. The number of hydrogen-bond donors (Lipinski definition) is 0. The Balaban J connectivity index is 2.64. The zero-order valence-corrected chi connectivity index (χ0v) is 6.54. The molecular weight excluding hydrogens is 112 g/mol. The summed E-state index contributed by atoms with van der Waals surface area (Å²) >= 11 is 0. The highest BCUT2D eigenvalue weighted by Gasteiger charge is 2.22. The van der Waals surface area contributed by atoms with Crippen LogP contribution in [0.2, 0.25) is 25.1 Å². The second-order valence-electron chi connectivity index (χ2n) is 3.12. The molecule has 0 amide bonds. The second kappa shape index (κ2) is 2.22. The monoisotopic (exact) mass is 131 g/mol. The van der Waals surface area contributed by atoms with E-state index in [1.165, 1.54) is 6.42 Å². The second-order valence-corrected chi connectivity index (χ2v) is 7.24. The molecule has 1 fully saturated rings. The van der Waals surface area contributed by atoms with Crippen molar-refractivity contribution in [1.29, 1.82) is 0 Å². The Bertz CT molecular complexity index is 135. The standard InChI is InChI=1S/C7H16Si/c1-8(2)6-4-3-5-7-8/h3-7H2,1-2H3/i1D3. The summed E-state index contributed by atoms with van der Waals surface area (Å²) < 4.78 is 22.3. The molecule has 1 heteroatoms. The van der Waals surface area contributed by atoms with Gasteiger partial charge in [-0.3, -0.25) is 0 Å². The molecule has 48 valence electrons. The number of hydrogen-bond acceptors (Lipinski definition) is 0. The van der Waals surface area contributed by atoms with Gasteiger partial charge in [0.05, 0.1) is 0 Å². The van der Waals surface area contributed by atoms with Gasteiger partial charge in [0, 0.05) is 12.2 Å². The molecule has 0 aliphatic carbocycles. The highest BCUT2D eigenvalue weighted by molar-refractivity contribution is 6.77. The third-order valence-electron chi connectivity index (χ3n) is 1.96. The van der Waals surface area contributed by atoms with Crippen molar-refractivity contribution < 1.29 is 4.11 Å². The zero-order chi connectivity index (χ0) is 8.54. The summed E-state index contributed by atoms with van der Waals surface area (Å²) in [6, 6.07) is 2.03. The van der Waals surface area contributed by atoms with E-state index in [1.54, 1.807) is 0 Å². The van der Waals surface area contributed by atoms with Gasteiger partial charge >= 0.3 is 0 Å². The Labute approximate surface area is 57.5 Å². The molecule has 8 heavy (non-hydrogen) atoms. The first kappa shape index (κ1) is 3.40. The minimum atomic E-state index is -1.84. The lowest BCUT2D eigenvalue weighted by Gasteiger charge is -2.26. The van der Waals surface area contributed by atoms with Crippen molar-refractivity contribution in [1.82, 2.24) is 0 Å². The maximum atomic E-state index is 7.42. The van der Waals surface area contributed by atoms with Crippen molar-refractivity contribution in [3.8, 4) is 0 Å². The van der Waals surface area contributed by atoms with Gasteiger partial charge in [0.25, 0.3) is 0 Å². The molecule has 0 bridgehead atoms. The predicted molar refractivity (Wildman–Crippen MR) is 40.9 cm³/mol. The molecule has 0 nitrogen and oxygen atoms in total. The highest BCUT2D eigenvalue weighted by atomic mass is 28.3. The lowest BCUT2D eigenvalue weighted by Crippen LogP contribution is -2.27. The summed E-state index contributed by atoms with van der Waals surface area (Å²) in [5.74, 6) is 0. The molecule has 1 saturated heterocycles. The first-order chi connectivity index (χ1) is 4.96. The summed E-state index contributed by atoms with van der Waals surface area (Å²) in [4.78, 5) is 0. The van der Waals surface area contributed by atoms with Crippen LogP contribution >= 0.6 is 0 Å². The fraction of sp³-hybridized carbons (Fsp3) is 1.00. The molecule has 1 aliphatic heterocycles. The molecule has 1 rings (SSSR count). The van der Waals surface area contributed by atoms with Crippen LogP contribution in [-0.2, 0) is 0 Å². The van der Waals surface area contributed by atoms with Gasteiger partial charge in [-0.15, -0.1) is 0 Å². The predicted octanol–water partition coefficient (Wildman–Crippen LogP) is 2.88. The Morgan fingerprint density at radius 1 is 1.25 bits per heavy atom. The van der Waals surface area contributed by atoms with Gasteiger partial charge in [-0.1, -0.05) is 44.4 Å². The quantitative estimate of drug-likeness (QED) is 0.443. The Hall–Kier alpha value is 0.217. The van der Waals surface area contributed by atoms with E-state index in [0.717, 1.165) is 24.9 Å². The van der Waals surface area contributed by atoms with Crippen molar-refractivity contribution >= 4 is 8.07 Å². The molecule has 0 N–H and O–H groups in total. The van der Waals surface area contributed by atoms with Crippen LogP contribution in [0.5, 0.6) is 0 Å². The Kier molecular flexibility index (Phi) is 0.943. The third-order valence-corrected chi connectivity index (χ3v) is 4.87. The highest BCUT2D eigenvalue weighted by Crippen LogP contribution is 2.27. The minimum Gasteiger partial charge on any atom is -0.0693 e. The molecule has 0 aromatic carbocycles. The van der Waals surface area contributed by atoms with E-state index in [1.807, 2.05) is 6.55 Å². The average Bonchev–Trinajstić information content (AvgIpc) is 1.87. The van der Waals surface area contributed by atoms with Gasteiger partial charge in [-0.2, -0.15) is 0 Å². The van der Waals surface area contributed by atoms with Crippen molar-refractivity contribution in [3.05, 3.63) is 0 Å². The topological polar surface area (TPSA) is 0 Å². The molecule has 1 aliphatic rings. The Morgan fingerprint density at radius 2 is 1.88 bits per heavy atom. The van der Waals surface area contributed by atoms with Gasteiger partial charge in [-0.05, 0) is 0 Å².